The fraction of sp³-hybridized carbons (Fsp3) is 0.375. The van der Waals surface area contributed by atoms with Crippen LogP contribution in [0.2, 0.25) is 0 Å². The van der Waals surface area contributed by atoms with E-state index in [9.17, 15) is 18.0 Å². The number of hydrogen-bond donors (Lipinski definition) is 1. The van der Waals surface area contributed by atoms with Gasteiger partial charge in [0.25, 0.3) is 0 Å². The molecule has 0 radical (unpaired) electrons. The quantitative estimate of drug-likeness (QED) is 0.467. The zero-order valence-electron chi connectivity index (χ0n) is 19.0. The highest BCUT2D eigenvalue weighted by molar-refractivity contribution is 8.00. The topological polar surface area (TPSA) is 63.8 Å². The SMILES string of the molecule is COc1ccc(OC)c(SCC(=O)N2CCCc3c([nH]c4ccc(OC)cc34)C2C(F)(F)F)c1. The van der Waals surface area contributed by atoms with Crippen molar-refractivity contribution < 1.29 is 32.2 Å². The number of methoxy groups -OCH3 is 3. The van der Waals surface area contributed by atoms with Crippen molar-refractivity contribution in [1.82, 2.24) is 9.88 Å². The number of fused-ring (bicyclic) bond motifs is 3. The normalized spacial score (nSPS) is 16.2. The second-order valence-corrected chi connectivity index (χ2v) is 8.89. The third-order valence-corrected chi connectivity index (χ3v) is 6.93. The summed E-state index contributed by atoms with van der Waals surface area (Å²) in [5.41, 5.74) is 1.18. The summed E-state index contributed by atoms with van der Waals surface area (Å²) in [7, 11) is 4.52. The molecule has 1 atom stereocenters. The standard InChI is InChI=1S/C24H25F3N2O4S/c1-31-14-6-8-18-17(11-14)16-5-4-10-29(23(22(16)28-18)24(25,26)27)21(30)13-34-20-12-15(32-2)7-9-19(20)33-3/h6-9,11-12,23,28H,4-5,10,13H2,1-3H3. The maximum Gasteiger partial charge on any atom is 0.414 e. The highest BCUT2D eigenvalue weighted by atomic mass is 32.2. The number of aryl methyl sites for hydroxylation is 1. The van der Waals surface area contributed by atoms with Gasteiger partial charge in [-0.3, -0.25) is 4.79 Å². The van der Waals surface area contributed by atoms with Crippen molar-refractivity contribution in [2.45, 2.75) is 30.0 Å². The van der Waals surface area contributed by atoms with Gasteiger partial charge in [0.05, 0.1) is 37.7 Å². The van der Waals surface area contributed by atoms with Gasteiger partial charge in [-0.1, -0.05) is 0 Å². The molecule has 1 unspecified atom stereocenters. The Morgan fingerprint density at radius 3 is 2.47 bits per heavy atom. The Morgan fingerprint density at radius 1 is 1.09 bits per heavy atom. The summed E-state index contributed by atoms with van der Waals surface area (Å²) in [6.07, 6.45) is -3.80. The van der Waals surface area contributed by atoms with Crippen LogP contribution < -0.4 is 14.2 Å². The van der Waals surface area contributed by atoms with E-state index < -0.39 is 18.1 Å². The van der Waals surface area contributed by atoms with Gasteiger partial charge < -0.3 is 24.1 Å². The van der Waals surface area contributed by atoms with Gasteiger partial charge in [0, 0.05) is 17.4 Å². The highest BCUT2D eigenvalue weighted by Gasteiger charge is 2.49. The lowest BCUT2D eigenvalue weighted by atomic mass is 10.0. The van der Waals surface area contributed by atoms with E-state index in [4.69, 9.17) is 14.2 Å². The van der Waals surface area contributed by atoms with Crippen molar-refractivity contribution >= 4 is 28.6 Å². The van der Waals surface area contributed by atoms with E-state index >= 15 is 0 Å². The Labute approximate surface area is 199 Å². The highest BCUT2D eigenvalue weighted by Crippen LogP contribution is 2.44. The molecule has 0 saturated carbocycles. The molecular formula is C24H25F3N2O4S. The minimum absolute atomic E-state index is 0.00674. The minimum atomic E-state index is -4.64. The maximum absolute atomic E-state index is 14.4. The lowest BCUT2D eigenvalue weighted by Crippen LogP contribution is -2.43. The first-order valence-electron chi connectivity index (χ1n) is 10.7. The van der Waals surface area contributed by atoms with Gasteiger partial charge in [0.15, 0.2) is 6.04 Å². The summed E-state index contributed by atoms with van der Waals surface area (Å²) in [4.78, 5) is 17.7. The summed E-state index contributed by atoms with van der Waals surface area (Å²) >= 11 is 1.12. The number of aromatic amines is 1. The van der Waals surface area contributed by atoms with E-state index in [1.54, 1.807) is 36.4 Å². The third kappa shape index (κ3) is 4.64. The Morgan fingerprint density at radius 2 is 1.79 bits per heavy atom. The van der Waals surface area contributed by atoms with Crippen LogP contribution in [-0.4, -0.2) is 55.6 Å². The van der Waals surface area contributed by atoms with Crippen molar-refractivity contribution in [2.75, 3.05) is 33.6 Å². The van der Waals surface area contributed by atoms with E-state index in [1.807, 2.05) is 0 Å². The summed E-state index contributed by atoms with van der Waals surface area (Å²) in [6.45, 7) is 0.00674. The van der Waals surface area contributed by atoms with Crippen LogP contribution in [0.15, 0.2) is 41.3 Å². The number of nitrogens with zero attached hydrogens (tertiary/aromatic N) is 1. The molecule has 0 saturated heterocycles. The molecule has 4 rings (SSSR count). The molecule has 1 amide bonds. The van der Waals surface area contributed by atoms with E-state index in [0.29, 0.717) is 51.5 Å². The van der Waals surface area contributed by atoms with Crippen molar-refractivity contribution in [3.8, 4) is 17.2 Å². The van der Waals surface area contributed by atoms with Crippen LogP contribution in [0.3, 0.4) is 0 Å². The van der Waals surface area contributed by atoms with Gasteiger partial charge >= 0.3 is 6.18 Å². The Kier molecular flexibility index (Phi) is 6.88. The first-order chi connectivity index (χ1) is 16.3. The van der Waals surface area contributed by atoms with Gasteiger partial charge in [-0.15, -0.1) is 11.8 Å². The lowest BCUT2D eigenvalue weighted by Gasteiger charge is -2.31. The largest absolute Gasteiger partial charge is 0.497 e. The molecule has 0 fully saturated rings. The van der Waals surface area contributed by atoms with Crippen LogP contribution in [0, 0.1) is 0 Å². The van der Waals surface area contributed by atoms with Crippen molar-refractivity contribution in [3.05, 3.63) is 47.7 Å². The number of H-pyrrole nitrogens is 1. The molecule has 0 aliphatic carbocycles. The molecule has 0 bridgehead atoms. The number of carbonyl (C=O) groups excluding carboxylic acids is 1. The number of nitrogens with one attached hydrogen (secondary N) is 1. The van der Waals surface area contributed by atoms with Crippen molar-refractivity contribution in [3.63, 3.8) is 0 Å². The number of ether oxygens (including phenoxy) is 3. The van der Waals surface area contributed by atoms with Crippen LogP contribution in [-0.2, 0) is 11.2 Å². The monoisotopic (exact) mass is 494 g/mol. The second kappa shape index (κ2) is 9.69. The number of aromatic nitrogens is 1. The average molecular weight is 495 g/mol. The number of halogens is 3. The van der Waals surface area contributed by atoms with Gasteiger partial charge in [-0.25, -0.2) is 0 Å². The Hall–Kier alpha value is -3.01. The second-order valence-electron chi connectivity index (χ2n) is 7.87. The fourth-order valence-corrected chi connectivity index (χ4v) is 5.25. The van der Waals surface area contributed by atoms with Crippen LogP contribution in [0.1, 0.15) is 23.7 Å². The molecular weight excluding hydrogens is 469 g/mol. The molecule has 1 aromatic heterocycles. The number of rotatable bonds is 6. The van der Waals surface area contributed by atoms with Crippen LogP contribution in [0.25, 0.3) is 10.9 Å². The molecule has 1 aliphatic heterocycles. The molecule has 182 valence electrons. The number of thioether (sulfide) groups is 1. The van der Waals surface area contributed by atoms with E-state index in [-0.39, 0.29) is 18.0 Å². The van der Waals surface area contributed by atoms with E-state index in [2.05, 4.69) is 4.98 Å². The number of amides is 1. The smallest absolute Gasteiger partial charge is 0.414 e. The predicted octanol–water partition coefficient (Wildman–Crippen LogP) is 5.36. The average Bonchev–Trinajstić information content (AvgIpc) is 3.04. The molecule has 1 aliphatic rings. The van der Waals surface area contributed by atoms with Gasteiger partial charge in [-0.2, -0.15) is 13.2 Å². The molecule has 10 heteroatoms. The third-order valence-electron chi connectivity index (χ3n) is 5.91. The van der Waals surface area contributed by atoms with Crippen molar-refractivity contribution in [2.24, 2.45) is 0 Å². The molecule has 0 spiro atoms. The summed E-state index contributed by atoms with van der Waals surface area (Å²) in [5, 5.41) is 0.688. The molecule has 6 nitrogen and oxygen atoms in total. The molecule has 2 heterocycles. The number of carbonyl (C=O) groups is 1. The number of hydrogen-bond acceptors (Lipinski definition) is 5. The summed E-state index contributed by atoms with van der Waals surface area (Å²) in [6, 6.07) is 8.19. The molecule has 34 heavy (non-hydrogen) atoms. The van der Waals surface area contributed by atoms with Crippen LogP contribution in [0.4, 0.5) is 13.2 Å². The Bertz CT molecular complexity index is 1190. The Balaban J connectivity index is 1.66. The van der Waals surface area contributed by atoms with E-state index in [0.717, 1.165) is 16.7 Å². The molecule has 1 N–H and O–H groups in total. The molecule has 2 aromatic carbocycles. The van der Waals surface area contributed by atoms with E-state index in [1.165, 1.54) is 21.3 Å². The maximum atomic E-state index is 14.4. The summed E-state index contributed by atoms with van der Waals surface area (Å²) in [5.74, 6) is 0.893. The zero-order chi connectivity index (χ0) is 24.5. The lowest BCUT2D eigenvalue weighted by molar-refractivity contribution is -0.191. The predicted molar refractivity (Wildman–Crippen MR) is 124 cm³/mol. The number of alkyl halides is 3. The van der Waals surface area contributed by atoms with Crippen LogP contribution >= 0.6 is 11.8 Å². The van der Waals surface area contributed by atoms with Gasteiger partial charge in [0.1, 0.15) is 17.2 Å². The number of benzene rings is 2. The van der Waals surface area contributed by atoms with Gasteiger partial charge in [0.2, 0.25) is 5.91 Å². The van der Waals surface area contributed by atoms with Gasteiger partial charge in [-0.05, 0) is 54.8 Å². The van der Waals surface area contributed by atoms with Crippen molar-refractivity contribution in [1.29, 1.82) is 0 Å². The zero-order valence-corrected chi connectivity index (χ0v) is 19.8. The first-order valence-corrected chi connectivity index (χ1v) is 11.6. The first kappa shape index (κ1) is 24.1. The molecule has 3 aromatic rings. The van der Waals surface area contributed by atoms with Crippen LogP contribution in [0.5, 0.6) is 17.2 Å². The fourth-order valence-electron chi connectivity index (χ4n) is 4.32. The summed E-state index contributed by atoms with van der Waals surface area (Å²) < 4.78 is 58.9. The minimum Gasteiger partial charge on any atom is -0.497 e.